The molecule has 5 nitrogen and oxygen atoms in total. The molecule has 0 atom stereocenters. The van der Waals surface area contributed by atoms with Crippen LogP contribution in [0, 0.1) is 3.57 Å². The number of ether oxygens (including phenoxy) is 1. The van der Waals surface area contributed by atoms with Crippen LogP contribution in [0.2, 0.25) is 0 Å². The van der Waals surface area contributed by atoms with Gasteiger partial charge in [-0.15, -0.1) is 11.3 Å². The normalized spacial score (nSPS) is 9.95. The third-order valence-electron chi connectivity index (χ3n) is 2.45. The molecule has 0 radical (unpaired) electrons. The molecule has 2 N–H and O–H groups in total. The van der Waals surface area contributed by atoms with Crippen LogP contribution in [-0.4, -0.2) is 18.5 Å². The highest BCUT2D eigenvalue weighted by atomic mass is 127. The first-order chi connectivity index (χ1) is 10.1. The second-order valence-electron chi connectivity index (χ2n) is 4.03. The van der Waals surface area contributed by atoms with E-state index in [0.29, 0.717) is 12.3 Å². The van der Waals surface area contributed by atoms with Crippen LogP contribution < -0.4 is 15.4 Å². The summed E-state index contributed by atoms with van der Waals surface area (Å²) in [5.74, 6) is 0.130. The van der Waals surface area contributed by atoms with E-state index < -0.39 is 11.9 Å². The van der Waals surface area contributed by atoms with Crippen LogP contribution in [0.25, 0.3) is 0 Å². The van der Waals surface area contributed by atoms with Gasteiger partial charge in [0, 0.05) is 4.88 Å². The molecule has 3 amide bonds. The summed E-state index contributed by atoms with van der Waals surface area (Å²) in [5.41, 5.74) is 0. The van der Waals surface area contributed by atoms with Crippen molar-refractivity contribution in [3.8, 4) is 5.75 Å². The molecule has 0 aliphatic carbocycles. The molecule has 0 saturated carbocycles. The lowest BCUT2D eigenvalue weighted by molar-refractivity contribution is -0.122. The van der Waals surface area contributed by atoms with Crippen molar-refractivity contribution in [3.63, 3.8) is 0 Å². The van der Waals surface area contributed by atoms with E-state index in [4.69, 9.17) is 4.74 Å². The van der Waals surface area contributed by atoms with E-state index >= 15 is 0 Å². The molecule has 1 heterocycles. The molecule has 1 aromatic carbocycles. The van der Waals surface area contributed by atoms with Gasteiger partial charge < -0.3 is 10.1 Å². The Morgan fingerprint density at radius 3 is 2.71 bits per heavy atom. The van der Waals surface area contributed by atoms with Gasteiger partial charge in [-0.3, -0.25) is 10.1 Å². The number of nitrogens with one attached hydrogen (secondary N) is 2. The quantitative estimate of drug-likeness (QED) is 0.737. The van der Waals surface area contributed by atoms with Crippen molar-refractivity contribution in [1.29, 1.82) is 0 Å². The molecule has 110 valence electrons. The van der Waals surface area contributed by atoms with Crippen LogP contribution in [0.15, 0.2) is 41.8 Å². The zero-order valence-corrected chi connectivity index (χ0v) is 13.9. The van der Waals surface area contributed by atoms with Crippen molar-refractivity contribution in [2.24, 2.45) is 0 Å². The monoisotopic (exact) mass is 416 g/mol. The van der Waals surface area contributed by atoms with Crippen LogP contribution >= 0.6 is 33.9 Å². The minimum atomic E-state index is -0.528. The first-order valence-electron chi connectivity index (χ1n) is 6.12. The molecule has 0 aliphatic heterocycles. The number of carbonyl (C=O) groups excluding carboxylic acids is 2. The lowest BCUT2D eigenvalue weighted by Gasteiger charge is -2.08. The van der Waals surface area contributed by atoms with Crippen molar-refractivity contribution < 1.29 is 14.3 Å². The third kappa shape index (κ3) is 5.35. The molecule has 0 aliphatic rings. The molecule has 0 spiro atoms. The zero-order chi connectivity index (χ0) is 15.1. The highest BCUT2D eigenvalue weighted by Crippen LogP contribution is 2.19. The first kappa shape index (κ1) is 15.8. The Labute approximate surface area is 139 Å². The molecule has 0 saturated heterocycles. The first-order valence-corrected chi connectivity index (χ1v) is 8.08. The summed E-state index contributed by atoms with van der Waals surface area (Å²) in [6.07, 6.45) is 0. The molecule has 1 aromatic heterocycles. The molecule has 2 aromatic rings. The van der Waals surface area contributed by atoms with Gasteiger partial charge in [0.1, 0.15) is 5.75 Å². The number of benzene rings is 1. The van der Waals surface area contributed by atoms with Crippen molar-refractivity contribution in [2.75, 3.05) is 6.61 Å². The number of para-hydroxylation sites is 1. The summed E-state index contributed by atoms with van der Waals surface area (Å²) in [5, 5.41) is 6.75. The van der Waals surface area contributed by atoms with Gasteiger partial charge in [-0.05, 0) is 46.2 Å². The zero-order valence-electron chi connectivity index (χ0n) is 11.0. The third-order valence-corrected chi connectivity index (χ3v) is 4.22. The van der Waals surface area contributed by atoms with Crippen LogP contribution in [0.4, 0.5) is 4.79 Å². The van der Waals surface area contributed by atoms with Crippen LogP contribution in [0.1, 0.15) is 4.88 Å². The molecular formula is C14H13IN2O3S. The van der Waals surface area contributed by atoms with E-state index in [-0.39, 0.29) is 6.61 Å². The molecule has 0 fully saturated rings. The number of thiophene rings is 1. The standard InChI is InChI=1S/C14H13IN2O3S/c15-11-5-1-2-6-12(11)20-9-13(18)17-14(19)16-8-10-4-3-7-21-10/h1-7H,8-9H2,(H2,16,17,18,19). The summed E-state index contributed by atoms with van der Waals surface area (Å²) in [4.78, 5) is 24.2. The Morgan fingerprint density at radius 2 is 2.00 bits per heavy atom. The Bertz CT molecular complexity index is 616. The number of hydrogen-bond donors (Lipinski definition) is 2. The number of rotatable bonds is 5. The summed E-state index contributed by atoms with van der Waals surface area (Å²) in [7, 11) is 0. The number of amides is 3. The maximum atomic E-state index is 11.6. The summed E-state index contributed by atoms with van der Waals surface area (Å²) in [6.45, 7) is 0.195. The van der Waals surface area contributed by atoms with E-state index in [1.807, 2.05) is 35.7 Å². The topological polar surface area (TPSA) is 67.4 Å². The fourth-order valence-electron chi connectivity index (χ4n) is 1.49. The Morgan fingerprint density at radius 1 is 1.19 bits per heavy atom. The molecule has 21 heavy (non-hydrogen) atoms. The number of carbonyl (C=O) groups is 2. The van der Waals surface area contributed by atoms with Gasteiger partial charge in [0.05, 0.1) is 10.1 Å². The maximum Gasteiger partial charge on any atom is 0.321 e. The average molecular weight is 416 g/mol. The van der Waals surface area contributed by atoms with Crippen molar-refractivity contribution in [3.05, 3.63) is 50.2 Å². The largest absolute Gasteiger partial charge is 0.483 e. The van der Waals surface area contributed by atoms with Gasteiger partial charge in [0.2, 0.25) is 0 Å². The molecular weight excluding hydrogens is 403 g/mol. The van der Waals surface area contributed by atoms with Crippen molar-refractivity contribution in [1.82, 2.24) is 10.6 Å². The number of imide groups is 1. The van der Waals surface area contributed by atoms with E-state index in [2.05, 4.69) is 33.2 Å². The summed E-state index contributed by atoms with van der Waals surface area (Å²) < 4.78 is 6.26. The van der Waals surface area contributed by atoms with E-state index in [1.165, 1.54) is 11.3 Å². The number of urea groups is 1. The summed E-state index contributed by atoms with van der Waals surface area (Å²) >= 11 is 3.66. The van der Waals surface area contributed by atoms with E-state index in [1.54, 1.807) is 6.07 Å². The van der Waals surface area contributed by atoms with E-state index in [9.17, 15) is 9.59 Å². The minimum Gasteiger partial charge on any atom is -0.483 e. The van der Waals surface area contributed by atoms with Crippen molar-refractivity contribution in [2.45, 2.75) is 6.54 Å². The molecule has 2 rings (SSSR count). The Kier molecular flexibility index (Phi) is 6.00. The average Bonchev–Trinajstić information content (AvgIpc) is 2.97. The van der Waals surface area contributed by atoms with Crippen LogP contribution in [-0.2, 0) is 11.3 Å². The molecule has 0 unspecified atom stereocenters. The number of halogens is 1. The SMILES string of the molecule is O=C(COc1ccccc1I)NC(=O)NCc1cccs1. The fraction of sp³-hybridized carbons (Fsp3) is 0.143. The Balaban J connectivity index is 1.71. The Hall–Kier alpha value is -1.61. The van der Waals surface area contributed by atoms with Gasteiger partial charge in [0.25, 0.3) is 5.91 Å². The molecule has 7 heteroatoms. The number of hydrogen-bond acceptors (Lipinski definition) is 4. The second-order valence-corrected chi connectivity index (χ2v) is 6.22. The van der Waals surface area contributed by atoms with Gasteiger partial charge in [-0.1, -0.05) is 18.2 Å². The highest BCUT2D eigenvalue weighted by Gasteiger charge is 2.09. The lowest BCUT2D eigenvalue weighted by atomic mass is 10.3. The van der Waals surface area contributed by atoms with Gasteiger partial charge >= 0.3 is 6.03 Å². The predicted molar refractivity (Wildman–Crippen MR) is 89.4 cm³/mol. The van der Waals surface area contributed by atoms with Crippen molar-refractivity contribution >= 4 is 45.9 Å². The lowest BCUT2D eigenvalue weighted by Crippen LogP contribution is -2.41. The van der Waals surface area contributed by atoms with Gasteiger partial charge in [-0.2, -0.15) is 0 Å². The summed E-state index contributed by atoms with van der Waals surface area (Å²) in [6, 6.07) is 10.6. The molecule has 0 bridgehead atoms. The highest BCUT2D eigenvalue weighted by molar-refractivity contribution is 14.1. The second kappa shape index (κ2) is 7.99. The minimum absolute atomic E-state index is 0.202. The fourth-order valence-corrected chi connectivity index (χ4v) is 2.68. The van der Waals surface area contributed by atoms with Gasteiger partial charge in [0.15, 0.2) is 6.61 Å². The van der Waals surface area contributed by atoms with Gasteiger partial charge in [-0.25, -0.2) is 4.79 Å². The predicted octanol–water partition coefficient (Wildman–Crippen LogP) is 2.76. The van der Waals surface area contributed by atoms with E-state index in [0.717, 1.165) is 8.45 Å². The smallest absolute Gasteiger partial charge is 0.321 e. The van der Waals surface area contributed by atoms with Crippen LogP contribution in [0.5, 0.6) is 5.75 Å². The van der Waals surface area contributed by atoms with Crippen LogP contribution in [0.3, 0.4) is 0 Å². The maximum absolute atomic E-state index is 11.6.